The van der Waals surface area contributed by atoms with Crippen LogP contribution in [0.4, 0.5) is 0 Å². The summed E-state index contributed by atoms with van der Waals surface area (Å²) in [5, 5.41) is 0. The number of carbonyl (C=O) groups is 4. The number of hydrogen-bond donors (Lipinski definition) is 1. The van der Waals surface area contributed by atoms with Crippen molar-refractivity contribution in [3.05, 3.63) is 0 Å². The molecule has 1 fully saturated rings. The molecule has 1 aliphatic heterocycles. The highest BCUT2D eigenvalue weighted by molar-refractivity contribution is 5.85. The lowest BCUT2D eigenvalue weighted by Gasteiger charge is -2.44. The van der Waals surface area contributed by atoms with Gasteiger partial charge in [-0.3, -0.25) is 24.9 Å². The second-order valence-corrected chi connectivity index (χ2v) is 4.81. The molecule has 0 saturated carbocycles. The minimum atomic E-state index is -2.20. The number of rotatable bonds is 5. The lowest BCUT2D eigenvalue weighted by Crippen LogP contribution is -2.63. The lowest BCUT2D eigenvalue weighted by atomic mass is 9.99. The molecule has 1 aliphatic rings. The van der Waals surface area contributed by atoms with Crippen LogP contribution in [0.2, 0.25) is 0 Å². The SMILES string of the molecule is Cl.[2H]CC(=O)OC[C@H]1OC(N)(OC(=O)C[2H])C[C@@H](OC(=O)C[2H])[C@@H]1OC(=O)C[2H]. The van der Waals surface area contributed by atoms with Crippen LogP contribution in [-0.4, -0.2) is 54.7 Å². The Morgan fingerprint density at radius 3 is 2.28 bits per heavy atom. The molecule has 1 unspecified atom stereocenters. The molecular weight excluding hydrogens is 362 g/mol. The third kappa shape index (κ3) is 7.67. The predicted molar refractivity (Wildman–Crippen MR) is 83.2 cm³/mol. The number of hydrogen-bond acceptors (Lipinski definition) is 10. The molecule has 0 spiro atoms. The van der Waals surface area contributed by atoms with Gasteiger partial charge in [-0.1, -0.05) is 0 Å². The van der Waals surface area contributed by atoms with Gasteiger partial charge in [0.15, 0.2) is 6.10 Å². The summed E-state index contributed by atoms with van der Waals surface area (Å²) in [4.78, 5) is 45.9. The Morgan fingerprint density at radius 1 is 1.08 bits per heavy atom. The van der Waals surface area contributed by atoms with E-state index in [9.17, 15) is 19.2 Å². The smallest absolute Gasteiger partial charge is 0.306 e. The van der Waals surface area contributed by atoms with Gasteiger partial charge in [0.05, 0.1) is 6.42 Å². The fourth-order valence-corrected chi connectivity index (χ4v) is 2.15. The highest BCUT2D eigenvalue weighted by Crippen LogP contribution is 2.31. The summed E-state index contributed by atoms with van der Waals surface area (Å²) < 4.78 is 53.1. The normalized spacial score (nSPS) is 30.2. The Kier molecular flexibility index (Phi) is 6.32. The molecule has 1 saturated heterocycles. The van der Waals surface area contributed by atoms with Gasteiger partial charge in [0, 0.05) is 33.1 Å². The molecule has 1 heterocycles. The molecule has 0 aromatic rings. The summed E-state index contributed by atoms with van der Waals surface area (Å²) in [6.07, 6.45) is -4.64. The zero-order valence-corrected chi connectivity index (χ0v) is 14.0. The Hall–Kier alpha value is -1.91. The van der Waals surface area contributed by atoms with E-state index < -0.39 is 88.7 Å². The molecule has 0 aromatic carbocycles. The van der Waals surface area contributed by atoms with Gasteiger partial charge in [0.2, 0.25) is 0 Å². The van der Waals surface area contributed by atoms with Crippen molar-refractivity contribution in [3.8, 4) is 0 Å². The minimum Gasteiger partial charge on any atom is -0.463 e. The quantitative estimate of drug-likeness (QED) is 0.383. The summed E-state index contributed by atoms with van der Waals surface area (Å²) in [6, 6.07) is 0. The van der Waals surface area contributed by atoms with Gasteiger partial charge in [-0.25, -0.2) is 0 Å². The molecule has 25 heavy (non-hydrogen) atoms. The first-order valence-corrected chi connectivity index (χ1v) is 6.58. The number of halogens is 1. The monoisotopic (exact) mass is 387 g/mol. The molecule has 4 atom stereocenters. The van der Waals surface area contributed by atoms with Gasteiger partial charge in [0.25, 0.3) is 5.91 Å². The second kappa shape index (κ2) is 9.54. The van der Waals surface area contributed by atoms with Gasteiger partial charge in [0.1, 0.15) is 18.8 Å². The van der Waals surface area contributed by atoms with Gasteiger partial charge < -0.3 is 23.7 Å². The Balaban J connectivity index is 0.00000784. The van der Waals surface area contributed by atoms with Crippen LogP contribution < -0.4 is 5.73 Å². The van der Waals surface area contributed by atoms with Crippen LogP contribution in [0.5, 0.6) is 0 Å². The first-order chi connectivity index (χ1) is 13.2. The number of ether oxygens (including phenoxy) is 5. The molecule has 10 nitrogen and oxygen atoms in total. The highest BCUT2D eigenvalue weighted by atomic mass is 35.5. The number of nitrogens with two attached hydrogens (primary N) is 1. The molecule has 0 aliphatic carbocycles. The van der Waals surface area contributed by atoms with E-state index in [0.29, 0.717) is 0 Å². The molecular formula is C14H22ClNO9. The largest absolute Gasteiger partial charge is 0.463 e. The van der Waals surface area contributed by atoms with Crippen LogP contribution in [0, 0.1) is 0 Å². The maximum Gasteiger partial charge on any atom is 0.306 e. The van der Waals surface area contributed by atoms with E-state index in [2.05, 4.69) is 0 Å². The van der Waals surface area contributed by atoms with Gasteiger partial charge in [-0.05, 0) is 0 Å². The van der Waals surface area contributed by atoms with E-state index in [0.717, 1.165) is 0 Å². The standard InChI is InChI=1S/C14H21NO9.ClH/c1-7(16)20-6-12-13(22-9(3)18)11(21-8(2)17)5-14(15,24-12)23-10(4)19;/h11-13H,5-6,15H2,1-4H3;1H/t11-,12-,13+,14?;/m1./s1/i1D,2D,3D,4D;. The minimum absolute atomic E-state index is 0. The van der Waals surface area contributed by atoms with Gasteiger partial charge in [-0.2, -0.15) is 0 Å². The molecule has 11 heteroatoms. The van der Waals surface area contributed by atoms with Crippen LogP contribution in [0.25, 0.3) is 0 Å². The molecule has 0 aromatic heterocycles. The fraction of sp³-hybridized carbons (Fsp3) is 0.714. The van der Waals surface area contributed by atoms with Crippen molar-refractivity contribution in [2.75, 3.05) is 6.61 Å². The maximum atomic E-state index is 11.6. The van der Waals surface area contributed by atoms with E-state index in [4.69, 9.17) is 34.9 Å². The highest BCUT2D eigenvalue weighted by Gasteiger charge is 2.51. The van der Waals surface area contributed by atoms with E-state index in [1.165, 1.54) is 0 Å². The average Bonchev–Trinajstić information content (AvgIpc) is 2.67. The molecule has 144 valence electrons. The van der Waals surface area contributed by atoms with E-state index in [1.54, 1.807) is 0 Å². The van der Waals surface area contributed by atoms with Gasteiger partial charge in [-0.15, -0.1) is 12.4 Å². The average molecular weight is 388 g/mol. The first kappa shape index (κ1) is 16.6. The zero-order chi connectivity index (χ0) is 21.3. The summed E-state index contributed by atoms with van der Waals surface area (Å²) in [5.41, 5.74) is 5.86. The van der Waals surface area contributed by atoms with E-state index >= 15 is 0 Å². The Bertz CT molecular complexity index is 599. The van der Waals surface area contributed by atoms with E-state index in [-0.39, 0.29) is 12.4 Å². The van der Waals surface area contributed by atoms with Crippen LogP contribution in [0.1, 0.15) is 39.5 Å². The maximum absolute atomic E-state index is 11.6. The molecule has 0 radical (unpaired) electrons. The number of esters is 4. The van der Waals surface area contributed by atoms with Crippen molar-refractivity contribution in [1.29, 1.82) is 0 Å². The summed E-state index contributed by atoms with van der Waals surface area (Å²) >= 11 is 0. The second-order valence-electron chi connectivity index (χ2n) is 4.81. The van der Waals surface area contributed by atoms with Gasteiger partial charge >= 0.3 is 23.9 Å². The lowest BCUT2D eigenvalue weighted by molar-refractivity contribution is -0.311. The predicted octanol–water partition coefficient (Wildman–Crippen LogP) is -0.201. The van der Waals surface area contributed by atoms with E-state index in [1.807, 2.05) is 0 Å². The van der Waals surface area contributed by atoms with Crippen molar-refractivity contribution in [2.45, 2.75) is 58.2 Å². The van der Waals surface area contributed by atoms with Crippen LogP contribution >= 0.6 is 12.4 Å². The van der Waals surface area contributed by atoms with Crippen LogP contribution in [0.15, 0.2) is 0 Å². The zero-order valence-electron chi connectivity index (χ0n) is 17.1. The van der Waals surface area contributed by atoms with Crippen molar-refractivity contribution in [3.63, 3.8) is 0 Å². The number of carbonyl (C=O) groups excluding carboxylic acids is 4. The third-order valence-electron chi connectivity index (χ3n) is 2.81. The summed E-state index contributed by atoms with van der Waals surface area (Å²) in [5.74, 6) is -6.21. The topological polar surface area (TPSA) is 140 Å². The molecule has 1 rings (SSSR count). The fourth-order valence-electron chi connectivity index (χ4n) is 2.15. The molecule has 0 amide bonds. The van der Waals surface area contributed by atoms with Crippen molar-refractivity contribution in [2.24, 2.45) is 5.73 Å². The molecule has 2 N–H and O–H groups in total. The summed E-state index contributed by atoms with van der Waals surface area (Å²) in [7, 11) is 0. The first-order valence-electron chi connectivity index (χ1n) is 9.41. The third-order valence-corrected chi connectivity index (χ3v) is 2.81. The Labute approximate surface area is 156 Å². The van der Waals surface area contributed by atoms with Crippen molar-refractivity contribution >= 4 is 36.3 Å². The summed E-state index contributed by atoms with van der Waals surface area (Å²) in [6.45, 7) is -3.62. The van der Waals surface area contributed by atoms with Crippen LogP contribution in [-0.2, 0) is 42.9 Å². The van der Waals surface area contributed by atoms with Crippen molar-refractivity contribution < 1.29 is 48.3 Å². The van der Waals surface area contributed by atoms with Crippen LogP contribution in [0.3, 0.4) is 0 Å². The Morgan fingerprint density at radius 2 is 1.68 bits per heavy atom. The van der Waals surface area contributed by atoms with Crippen molar-refractivity contribution in [1.82, 2.24) is 0 Å². The molecule has 0 bridgehead atoms.